The monoisotopic (exact) mass is 384 g/mol. The lowest BCUT2D eigenvalue weighted by molar-refractivity contribution is 0.355. The van der Waals surface area contributed by atoms with Crippen molar-refractivity contribution < 1.29 is 0 Å². The summed E-state index contributed by atoms with van der Waals surface area (Å²) in [5.74, 6) is 1.73. The summed E-state index contributed by atoms with van der Waals surface area (Å²) in [6.45, 7) is 2.26. The van der Waals surface area contributed by atoms with Gasteiger partial charge in [0.05, 0.1) is 0 Å². The molecule has 0 N–H and O–H groups in total. The van der Waals surface area contributed by atoms with Crippen LogP contribution in [-0.4, -0.2) is 0 Å². The van der Waals surface area contributed by atoms with Gasteiger partial charge in [-0.05, 0) is 72.3 Å². The largest absolute Gasteiger partial charge is 0.0649 e. The number of hydrogen-bond donors (Lipinski definition) is 0. The number of allylic oxidation sites excluding steroid dienone is 1. The minimum Gasteiger partial charge on any atom is -0.0649 e. The molecule has 0 bridgehead atoms. The Morgan fingerprint density at radius 2 is 1.48 bits per heavy atom. The molecule has 29 heavy (non-hydrogen) atoms. The quantitative estimate of drug-likeness (QED) is 0.495. The van der Waals surface area contributed by atoms with E-state index in [-0.39, 0.29) is 0 Å². The van der Waals surface area contributed by atoms with Gasteiger partial charge in [0.2, 0.25) is 0 Å². The van der Waals surface area contributed by atoms with Crippen LogP contribution in [0.3, 0.4) is 0 Å². The van der Waals surface area contributed by atoms with Gasteiger partial charge in [0.15, 0.2) is 0 Å². The lowest BCUT2D eigenvalue weighted by Crippen LogP contribution is -2.07. The van der Waals surface area contributed by atoms with E-state index >= 15 is 0 Å². The van der Waals surface area contributed by atoms with Crippen molar-refractivity contribution in [3.63, 3.8) is 0 Å². The molecule has 0 saturated heterocycles. The molecular formula is C29H36. The average Bonchev–Trinajstić information content (AvgIpc) is 3.16. The van der Waals surface area contributed by atoms with Crippen molar-refractivity contribution in [1.29, 1.82) is 0 Å². The third-order valence-electron chi connectivity index (χ3n) is 7.75. The molecule has 0 nitrogen and oxygen atoms in total. The van der Waals surface area contributed by atoms with Gasteiger partial charge in [-0.25, -0.2) is 0 Å². The number of rotatable bonds is 4. The summed E-state index contributed by atoms with van der Waals surface area (Å²) in [4.78, 5) is 0. The first-order valence-corrected chi connectivity index (χ1v) is 12.2. The average molecular weight is 385 g/mol. The van der Waals surface area contributed by atoms with Crippen molar-refractivity contribution in [2.75, 3.05) is 0 Å². The van der Waals surface area contributed by atoms with E-state index in [1.54, 1.807) is 16.7 Å². The molecule has 0 radical (unpaired) electrons. The highest BCUT2D eigenvalue weighted by atomic mass is 14.3. The fraction of sp³-hybridized carbons (Fsp3) is 0.517. The fourth-order valence-corrected chi connectivity index (χ4v) is 6.19. The van der Waals surface area contributed by atoms with Gasteiger partial charge in [0.25, 0.3) is 0 Å². The standard InChI is InChI=1S/C29H36/c1-21-16-27-19-23(18-22-8-4-2-5-9-22)20-29(27)28(17-21)26-14-12-25(13-15-26)24-10-6-3-7-11-24/h12-17,20,22,24H,2-11,18-19H2,1H3. The zero-order valence-electron chi connectivity index (χ0n) is 18.2. The minimum atomic E-state index is 0.794. The summed E-state index contributed by atoms with van der Waals surface area (Å²) >= 11 is 0. The number of aryl methyl sites for hydroxylation is 1. The summed E-state index contributed by atoms with van der Waals surface area (Å²) in [6.07, 6.45) is 19.3. The minimum absolute atomic E-state index is 0.794. The van der Waals surface area contributed by atoms with Crippen molar-refractivity contribution in [3.05, 3.63) is 64.2 Å². The second kappa shape index (κ2) is 8.50. The van der Waals surface area contributed by atoms with Crippen LogP contribution >= 0.6 is 0 Å². The molecule has 2 fully saturated rings. The van der Waals surface area contributed by atoms with Gasteiger partial charge in [0.1, 0.15) is 0 Å². The molecule has 2 saturated carbocycles. The van der Waals surface area contributed by atoms with Crippen LogP contribution in [0, 0.1) is 12.8 Å². The van der Waals surface area contributed by atoms with Crippen LogP contribution in [0.4, 0.5) is 0 Å². The predicted octanol–water partition coefficient (Wildman–Crippen LogP) is 8.62. The third-order valence-corrected chi connectivity index (χ3v) is 7.75. The highest BCUT2D eigenvalue weighted by Gasteiger charge is 2.22. The van der Waals surface area contributed by atoms with Gasteiger partial charge in [-0.1, -0.05) is 105 Å². The first kappa shape index (κ1) is 19.2. The van der Waals surface area contributed by atoms with Gasteiger partial charge in [-0.2, -0.15) is 0 Å². The molecule has 0 aliphatic heterocycles. The van der Waals surface area contributed by atoms with Gasteiger partial charge >= 0.3 is 0 Å². The Bertz CT molecular complexity index is 871. The van der Waals surface area contributed by atoms with Crippen LogP contribution in [0.25, 0.3) is 17.2 Å². The van der Waals surface area contributed by atoms with Crippen LogP contribution in [0.1, 0.15) is 98.8 Å². The summed E-state index contributed by atoms with van der Waals surface area (Å²) in [5.41, 5.74) is 10.6. The first-order valence-electron chi connectivity index (χ1n) is 12.2. The van der Waals surface area contributed by atoms with Gasteiger partial charge in [-0.15, -0.1) is 0 Å². The van der Waals surface area contributed by atoms with E-state index in [9.17, 15) is 0 Å². The molecule has 0 aromatic heterocycles. The zero-order valence-corrected chi connectivity index (χ0v) is 18.2. The fourth-order valence-electron chi connectivity index (χ4n) is 6.19. The van der Waals surface area contributed by atoms with Crippen LogP contribution < -0.4 is 0 Å². The Labute approximate surface area is 177 Å². The van der Waals surface area contributed by atoms with E-state index in [1.807, 2.05) is 0 Å². The Balaban J connectivity index is 1.39. The van der Waals surface area contributed by atoms with E-state index in [2.05, 4.69) is 49.4 Å². The van der Waals surface area contributed by atoms with Gasteiger partial charge in [0, 0.05) is 0 Å². The lowest BCUT2D eigenvalue weighted by Gasteiger charge is -2.22. The molecule has 0 atom stereocenters. The van der Waals surface area contributed by atoms with Crippen LogP contribution in [-0.2, 0) is 6.42 Å². The van der Waals surface area contributed by atoms with Crippen LogP contribution in [0.5, 0.6) is 0 Å². The summed E-state index contributed by atoms with van der Waals surface area (Å²) in [6, 6.07) is 14.5. The van der Waals surface area contributed by atoms with E-state index in [0.717, 1.165) is 11.8 Å². The molecule has 0 unspecified atom stereocenters. The number of hydrogen-bond acceptors (Lipinski definition) is 0. The summed E-state index contributed by atoms with van der Waals surface area (Å²) in [5, 5.41) is 0. The molecule has 0 amide bonds. The van der Waals surface area contributed by atoms with Crippen molar-refractivity contribution in [2.45, 2.75) is 89.9 Å². The molecule has 2 aromatic carbocycles. The van der Waals surface area contributed by atoms with Gasteiger partial charge < -0.3 is 0 Å². The number of fused-ring (bicyclic) bond motifs is 1. The van der Waals surface area contributed by atoms with Crippen LogP contribution in [0.15, 0.2) is 42.0 Å². The molecular weight excluding hydrogens is 348 g/mol. The molecule has 3 aliphatic carbocycles. The summed E-state index contributed by atoms with van der Waals surface area (Å²) < 4.78 is 0. The van der Waals surface area contributed by atoms with Crippen molar-refractivity contribution in [2.24, 2.45) is 5.92 Å². The number of benzene rings is 2. The van der Waals surface area contributed by atoms with E-state index in [1.165, 1.54) is 99.3 Å². The maximum atomic E-state index is 2.55. The Morgan fingerprint density at radius 3 is 2.21 bits per heavy atom. The molecule has 5 rings (SSSR count). The molecule has 152 valence electrons. The third kappa shape index (κ3) is 4.23. The predicted molar refractivity (Wildman–Crippen MR) is 125 cm³/mol. The lowest BCUT2D eigenvalue weighted by atomic mass is 9.83. The SMILES string of the molecule is Cc1cc2c(c(-c3ccc(C4CCCCC4)cc3)c1)C=C(CC1CCCCC1)C2. The second-order valence-corrected chi connectivity index (χ2v) is 10.0. The zero-order chi connectivity index (χ0) is 19.6. The first-order chi connectivity index (χ1) is 14.3. The molecule has 2 aromatic rings. The Hall–Kier alpha value is -1.82. The summed E-state index contributed by atoms with van der Waals surface area (Å²) in [7, 11) is 0. The maximum absolute atomic E-state index is 2.55. The normalized spacial score (nSPS) is 20.5. The highest BCUT2D eigenvalue weighted by Crippen LogP contribution is 2.40. The molecule has 3 aliphatic rings. The Kier molecular flexibility index (Phi) is 5.62. The van der Waals surface area contributed by atoms with E-state index < -0.39 is 0 Å². The molecule has 0 heterocycles. The van der Waals surface area contributed by atoms with E-state index in [4.69, 9.17) is 0 Å². The maximum Gasteiger partial charge on any atom is -0.00574 e. The highest BCUT2D eigenvalue weighted by molar-refractivity contribution is 5.81. The van der Waals surface area contributed by atoms with Gasteiger partial charge in [-0.3, -0.25) is 0 Å². The van der Waals surface area contributed by atoms with Crippen molar-refractivity contribution >= 4 is 6.08 Å². The Morgan fingerprint density at radius 1 is 0.793 bits per heavy atom. The second-order valence-electron chi connectivity index (χ2n) is 10.0. The van der Waals surface area contributed by atoms with E-state index in [0.29, 0.717) is 0 Å². The molecule has 0 spiro atoms. The topological polar surface area (TPSA) is 0 Å². The molecule has 0 heteroatoms. The van der Waals surface area contributed by atoms with Crippen LogP contribution in [0.2, 0.25) is 0 Å². The van der Waals surface area contributed by atoms with Crippen molar-refractivity contribution in [3.8, 4) is 11.1 Å². The smallest absolute Gasteiger partial charge is 0.00574 e. The van der Waals surface area contributed by atoms with Crippen molar-refractivity contribution in [1.82, 2.24) is 0 Å².